The first kappa shape index (κ1) is 15.3. The molecule has 0 spiro atoms. The van der Waals surface area contributed by atoms with Gasteiger partial charge in [-0.3, -0.25) is 4.98 Å². The van der Waals surface area contributed by atoms with Gasteiger partial charge < -0.3 is 5.73 Å². The fourth-order valence-corrected chi connectivity index (χ4v) is 1.94. The van der Waals surface area contributed by atoms with Gasteiger partial charge in [-0.25, -0.2) is 4.39 Å². The van der Waals surface area contributed by atoms with E-state index in [1.165, 1.54) is 6.07 Å². The molecular weight excluding hydrogens is 305 g/mol. The summed E-state index contributed by atoms with van der Waals surface area (Å²) in [7, 11) is 0. The number of hydrogen-bond donors (Lipinski definition) is 1. The molecule has 0 bridgehead atoms. The molecule has 0 fully saturated rings. The van der Waals surface area contributed by atoms with E-state index in [2.05, 4.69) is 4.98 Å². The maximum absolute atomic E-state index is 14.1. The molecule has 2 N–H and O–H groups in total. The molecule has 0 saturated carbocycles. The highest BCUT2D eigenvalue weighted by atomic mass is 19.4. The van der Waals surface area contributed by atoms with Gasteiger partial charge >= 0.3 is 18.0 Å². The van der Waals surface area contributed by atoms with Gasteiger partial charge in [0.1, 0.15) is 0 Å². The van der Waals surface area contributed by atoms with Gasteiger partial charge in [-0.05, 0) is 18.2 Å². The van der Waals surface area contributed by atoms with Crippen molar-refractivity contribution in [2.45, 2.75) is 18.0 Å². The summed E-state index contributed by atoms with van der Waals surface area (Å²) in [6.07, 6.45) is -11.4. The summed E-state index contributed by atoms with van der Waals surface area (Å²) in [6, 6.07) is 3.56. The molecule has 2 aromatic rings. The Morgan fingerprint density at radius 1 is 0.857 bits per heavy atom. The largest absolute Gasteiger partial charge is 0.436 e. The van der Waals surface area contributed by atoms with Gasteiger partial charge in [0.25, 0.3) is 0 Å². The van der Waals surface area contributed by atoms with E-state index in [4.69, 9.17) is 5.73 Å². The highest BCUT2D eigenvalue weighted by molar-refractivity contribution is 5.92. The van der Waals surface area contributed by atoms with Gasteiger partial charge in [-0.15, -0.1) is 0 Å². The monoisotopic (exact) mass is 312 g/mol. The molecule has 0 amide bonds. The number of fused-ring (bicyclic) bond motifs is 1. The third-order valence-electron chi connectivity index (χ3n) is 2.96. The van der Waals surface area contributed by atoms with Crippen LogP contribution in [0.2, 0.25) is 0 Å². The minimum Gasteiger partial charge on any atom is -0.398 e. The Hall–Kier alpha value is -2.06. The zero-order valence-corrected chi connectivity index (χ0v) is 10.1. The smallest absolute Gasteiger partial charge is 0.398 e. The van der Waals surface area contributed by atoms with Crippen LogP contribution >= 0.6 is 0 Å². The van der Waals surface area contributed by atoms with Gasteiger partial charge in [0.05, 0.1) is 5.52 Å². The second-order valence-corrected chi connectivity index (χ2v) is 4.26. The standard InChI is InChI=1S/C12H7F7N2/c13-10(11(14,15)16,12(17,18)19)7-3-4-8(20)6-2-1-5-21-9(6)7/h1-5H,20H2. The van der Waals surface area contributed by atoms with Crippen molar-refractivity contribution in [2.24, 2.45) is 0 Å². The maximum Gasteiger partial charge on any atom is 0.436 e. The lowest BCUT2D eigenvalue weighted by atomic mass is 9.91. The van der Waals surface area contributed by atoms with Crippen molar-refractivity contribution in [3.05, 3.63) is 36.0 Å². The van der Waals surface area contributed by atoms with E-state index in [0.717, 1.165) is 18.3 Å². The molecule has 2 rings (SSSR count). The number of aromatic nitrogens is 1. The number of nitrogens with two attached hydrogens (primary N) is 1. The van der Waals surface area contributed by atoms with Crippen molar-refractivity contribution in [3.8, 4) is 0 Å². The number of anilines is 1. The topological polar surface area (TPSA) is 38.9 Å². The zero-order valence-electron chi connectivity index (χ0n) is 10.1. The van der Waals surface area contributed by atoms with E-state index in [-0.39, 0.29) is 11.1 Å². The Bertz CT molecular complexity index is 661. The third kappa shape index (κ3) is 2.16. The van der Waals surface area contributed by atoms with Crippen molar-refractivity contribution >= 4 is 16.6 Å². The van der Waals surface area contributed by atoms with Crippen molar-refractivity contribution in [3.63, 3.8) is 0 Å². The number of alkyl halides is 7. The minimum atomic E-state index is -6.19. The molecular formula is C12H7F7N2. The highest BCUT2D eigenvalue weighted by Gasteiger charge is 2.74. The molecule has 21 heavy (non-hydrogen) atoms. The Labute approximate surface area is 113 Å². The van der Waals surface area contributed by atoms with Crippen LogP contribution in [-0.4, -0.2) is 17.3 Å². The first-order chi connectivity index (χ1) is 9.50. The number of halogens is 7. The molecule has 2 nitrogen and oxygen atoms in total. The summed E-state index contributed by atoms with van der Waals surface area (Å²) in [5.41, 5.74) is -2.58. The van der Waals surface area contributed by atoms with E-state index in [1.807, 2.05) is 0 Å². The Kier molecular flexibility index (Phi) is 3.26. The SMILES string of the molecule is Nc1ccc(C(F)(C(F)(F)F)C(F)(F)F)c2ncccc12. The average Bonchev–Trinajstić information content (AvgIpc) is 2.36. The second-order valence-electron chi connectivity index (χ2n) is 4.26. The van der Waals surface area contributed by atoms with Crippen LogP contribution in [0, 0.1) is 0 Å². The predicted octanol–water partition coefficient (Wildman–Crippen LogP) is 4.11. The molecule has 0 aliphatic heterocycles. The van der Waals surface area contributed by atoms with Crippen LogP contribution in [0.3, 0.4) is 0 Å². The maximum atomic E-state index is 14.1. The van der Waals surface area contributed by atoms with Crippen LogP contribution in [-0.2, 0) is 5.67 Å². The van der Waals surface area contributed by atoms with Crippen LogP contribution < -0.4 is 5.73 Å². The Balaban J connectivity index is 2.89. The molecule has 1 heterocycles. The van der Waals surface area contributed by atoms with Crippen molar-refractivity contribution in [2.75, 3.05) is 5.73 Å². The zero-order chi connectivity index (χ0) is 16.1. The van der Waals surface area contributed by atoms with Gasteiger partial charge in [-0.1, -0.05) is 6.07 Å². The van der Waals surface area contributed by atoms with Crippen molar-refractivity contribution in [1.82, 2.24) is 4.98 Å². The van der Waals surface area contributed by atoms with E-state index >= 15 is 0 Å². The van der Waals surface area contributed by atoms with Crippen molar-refractivity contribution in [1.29, 1.82) is 0 Å². The second kappa shape index (κ2) is 4.47. The van der Waals surface area contributed by atoms with E-state index < -0.39 is 29.1 Å². The predicted molar refractivity (Wildman–Crippen MR) is 61.1 cm³/mol. The summed E-state index contributed by atoms with van der Waals surface area (Å²) < 4.78 is 90.6. The molecule has 1 aromatic heterocycles. The van der Waals surface area contributed by atoms with Gasteiger partial charge in [0.15, 0.2) is 0 Å². The van der Waals surface area contributed by atoms with E-state index in [0.29, 0.717) is 6.07 Å². The van der Waals surface area contributed by atoms with E-state index in [1.54, 1.807) is 0 Å². The van der Waals surface area contributed by atoms with Crippen molar-refractivity contribution < 1.29 is 30.7 Å². The number of benzene rings is 1. The minimum absolute atomic E-state index is 0.103. The molecule has 0 atom stereocenters. The Morgan fingerprint density at radius 2 is 1.43 bits per heavy atom. The lowest BCUT2D eigenvalue weighted by Gasteiger charge is -2.30. The number of nitrogens with zero attached hydrogens (tertiary/aromatic N) is 1. The molecule has 0 saturated heterocycles. The molecule has 0 aliphatic carbocycles. The number of nitrogen functional groups attached to an aromatic ring is 1. The average molecular weight is 312 g/mol. The Morgan fingerprint density at radius 3 is 1.95 bits per heavy atom. The number of pyridine rings is 1. The van der Waals surface area contributed by atoms with Crippen LogP contribution in [0.5, 0.6) is 0 Å². The normalized spacial score (nSPS) is 13.7. The molecule has 0 radical (unpaired) electrons. The van der Waals surface area contributed by atoms with Crippen LogP contribution in [0.15, 0.2) is 30.5 Å². The van der Waals surface area contributed by atoms with Crippen LogP contribution in [0.1, 0.15) is 5.56 Å². The van der Waals surface area contributed by atoms with Gasteiger partial charge in [0, 0.05) is 22.8 Å². The summed E-state index contributed by atoms with van der Waals surface area (Å²) >= 11 is 0. The fourth-order valence-electron chi connectivity index (χ4n) is 1.94. The summed E-state index contributed by atoms with van der Waals surface area (Å²) in [5.74, 6) is 0. The lowest BCUT2D eigenvalue weighted by Crippen LogP contribution is -2.50. The molecule has 0 aliphatic rings. The molecule has 9 heteroatoms. The first-order valence-electron chi connectivity index (χ1n) is 5.46. The third-order valence-corrected chi connectivity index (χ3v) is 2.96. The van der Waals surface area contributed by atoms with E-state index in [9.17, 15) is 30.7 Å². The van der Waals surface area contributed by atoms with Gasteiger partial charge in [-0.2, -0.15) is 26.3 Å². The molecule has 114 valence electrons. The fraction of sp³-hybridized carbons (Fsp3) is 0.250. The highest BCUT2D eigenvalue weighted by Crippen LogP contribution is 2.54. The number of hydrogen-bond acceptors (Lipinski definition) is 2. The summed E-state index contributed by atoms with van der Waals surface area (Å²) in [6.45, 7) is 0. The van der Waals surface area contributed by atoms with Gasteiger partial charge in [0.2, 0.25) is 0 Å². The molecule has 1 aromatic carbocycles. The summed E-state index contributed by atoms with van der Waals surface area (Å²) in [4.78, 5) is 3.42. The lowest BCUT2D eigenvalue weighted by molar-refractivity contribution is -0.348. The summed E-state index contributed by atoms with van der Waals surface area (Å²) in [5, 5.41) is -0.189. The van der Waals surface area contributed by atoms with Crippen LogP contribution in [0.25, 0.3) is 10.9 Å². The molecule has 0 unspecified atom stereocenters. The van der Waals surface area contributed by atoms with Crippen LogP contribution in [0.4, 0.5) is 36.4 Å². The first-order valence-corrected chi connectivity index (χ1v) is 5.46. The number of rotatable bonds is 1. The quantitative estimate of drug-likeness (QED) is 0.636.